The van der Waals surface area contributed by atoms with Crippen molar-refractivity contribution < 1.29 is 38.7 Å². The van der Waals surface area contributed by atoms with Gasteiger partial charge in [0.05, 0.1) is 13.2 Å². The second kappa shape index (κ2) is 15.6. The molecule has 2 fully saturated rings. The lowest BCUT2D eigenvalue weighted by atomic mass is 10.2. The van der Waals surface area contributed by atoms with Gasteiger partial charge < -0.3 is 39.0 Å². The topological polar surface area (TPSA) is 124 Å². The number of hydrogen-bond donors (Lipinski definition) is 2. The quantitative estimate of drug-likeness (QED) is 0.393. The number of rotatable bonds is 12. The van der Waals surface area contributed by atoms with Crippen LogP contribution >= 0.6 is 0 Å². The molecule has 2 heterocycles. The number of carbonyl (C=O) groups excluding carboxylic acids is 2. The van der Waals surface area contributed by atoms with Crippen LogP contribution in [0.15, 0.2) is 24.3 Å². The van der Waals surface area contributed by atoms with E-state index in [1.807, 2.05) is 0 Å². The van der Waals surface area contributed by atoms with E-state index in [0.717, 1.165) is 0 Å². The Hall–Kier alpha value is -2.80. The highest BCUT2D eigenvalue weighted by molar-refractivity contribution is 5.68. The molecule has 2 unspecified atom stereocenters. The van der Waals surface area contributed by atoms with Gasteiger partial charge in [-0.2, -0.15) is 0 Å². The molecule has 214 valence electrons. The van der Waals surface area contributed by atoms with E-state index >= 15 is 0 Å². The van der Waals surface area contributed by atoms with Gasteiger partial charge in [0.15, 0.2) is 0 Å². The molecule has 2 atom stereocenters. The Morgan fingerprint density at radius 1 is 0.684 bits per heavy atom. The van der Waals surface area contributed by atoms with Crippen LogP contribution in [-0.2, 0) is 9.47 Å². The summed E-state index contributed by atoms with van der Waals surface area (Å²) >= 11 is 0. The summed E-state index contributed by atoms with van der Waals surface area (Å²) in [7, 11) is 0. The van der Waals surface area contributed by atoms with E-state index in [4.69, 9.17) is 18.9 Å². The molecule has 0 aliphatic carbocycles. The number of ether oxygens (including phenoxy) is 4. The molecule has 0 radical (unpaired) electrons. The minimum Gasteiger partial charge on any atom is -0.491 e. The molecule has 2 aliphatic rings. The summed E-state index contributed by atoms with van der Waals surface area (Å²) in [6, 6.07) is 7.06. The summed E-state index contributed by atoms with van der Waals surface area (Å²) in [6.45, 7) is 10.6. The van der Waals surface area contributed by atoms with Gasteiger partial charge >= 0.3 is 12.2 Å². The standard InChI is InChI=1S/C26H42N4O8/c1-3-35-25(33)29-13-9-27(10-14-29)17-21(31)19-37-23-5-7-24(8-6-23)38-20-22(32)18-28-11-15-30(16-12-28)26(34)36-4-2/h5-8,21-22,31-32H,3-4,9-20H2,1-2H3. The maximum atomic E-state index is 11.8. The molecule has 12 heteroatoms. The summed E-state index contributed by atoms with van der Waals surface area (Å²) in [5.74, 6) is 1.23. The van der Waals surface area contributed by atoms with Gasteiger partial charge in [0, 0.05) is 65.4 Å². The lowest BCUT2D eigenvalue weighted by Gasteiger charge is -2.34. The minimum absolute atomic E-state index is 0.153. The second-order valence-corrected chi connectivity index (χ2v) is 9.37. The highest BCUT2D eigenvalue weighted by atomic mass is 16.6. The van der Waals surface area contributed by atoms with Gasteiger partial charge in [0.1, 0.15) is 36.9 Å². The van der Waals surface area contributed by atoms with Crippen LogP contribution in [0.2, 0.25) is 0 Å². The van der Waals surface area contributed by atoms with Gasteiger partial charge in [-0.15, -0.1) is 0 Å². The molecule has 12 nitrogen and oxygen atoms in total. The SMILES string of the molecule is CCOC(=O)N1CCN(CC(O)COc2ccc(OCC(O)CN3CCN(C(=O)OCC)CC3)cc2)CC1. The summed E-state index contributed by atoms with van der Waals surface area (Å²) in [4.78, 5) is 31.1. The average Bonchev–Trinajstić information content (AvgIpc) is 2.92. The molecule has 2 N–H and O–H groups in total. The maximum Gasteiger partial charge on any atom is 0.409 e. The zero-order valence-corrected chi connectivity index (χ0v) is 22.5. The molecule has 0 bridgehead atoms. The van der Waals surface area contributed by atoms with E-state index in [2.05, 4.69) is 9.80 Å². The fourth-order valence-electron chi connectivity index (χ4n) is 4.37. The Morgan fingerprint density at radius 3 is 1.34 bits per heavy atom. The number of nitrogens with zero attached hydrogens (tertiary/aromatic N) is 4. The number of piperazine rings is 2. The van der Waals surface area contributed by atoms with Crippen molar-refractivity contribution in [1.29, 1.82) is 0 Å². The number of β-amino-alcohol motifs (C(OH)–C–C–N with tert-alkyl or cyclic N) is 2. The summed E-state index contributed by atoms with van der Waals surface area (Å²) in [6.07, 6.45) is -1.89. The zero-order valence-electron chi connectivity index (χ0n) is 22.5. The Morgan fingerprint density at radius 2 is 1.03 bits per heavy atom. The zero-order chi connectivity index (χ0) is 27.3. The second-order valence-electron chi connectivity index (χ2n) is 9.37. The number of benzene rings is 1. The highest BCUT2D eigenvalue weighted by Gasteiger charge is 2.24. The molecular weight excluding hydrogens is 496 g/mol. The minimum atomic E-state index is -0.658. The van der Waals surface area contributed by atoms with E-state index in [1.54, 1.807) is 47.9 Å². The molecule has 2 saturated heterocycles. The Bertz CT molecular complexity index is 773. The van der Waals surface area contributed by atoms with E-state index in [9.17, 15) is 19.8 Å². The van der Waals surface area contributed by atoms with Crippen LogP contribution in [0.1, 0.15) is 13.8 Å². The van der Waals surface area contributed by atoms with Crippen molar-refractivity contribution in [2.75, 3.05) is 91.9 Å². The summed E-state index contributed by atoms with van der Waals surface area (Å²) in [5.41, 5.74) is 0. The Kier molecular flexibility index (Phi) is 12.2. The van der Waals surface area contributed by atoms with Crippen molar-refractivity contribution in [1.82, 2.24) is 19.6 Å². The van der Waals surface area contributed by atoms with Crippen molar-refractivity contribution in [3.05, 3.63) is 24.3 Å². The molecule has 1 aromatic rings. The van der Waals surface area contributed by atoms with E-state index < -0.39 is 12.2 Å². The third kappa shape index (κ3) is 9.82. The fraction of sp³-hybridized carbons (Fsp3) is 0.692. The molecule has 3 rings (SSSR count). The fourth-order valence-corrected chi connectivity index (χ4v) is 4.37. The maximum absolute atomic E-state index is 11.8. The predicted molar refractivity (Wildman–Crippen MR) is 140 cm³/mol. The first-order chi connectivity index (χ1) is 18.4. The van der Waals surface area contributed by atoms with Gasteiger partial charge in [-0.1, -0.05) is 0 Å². The predicted octanol–water partition coefficient (Wildman–Crippen LogP) is 0.714. The van der Waals surface area contributed by atoms with Crippen molar-refractivity contribution in [2.45, 2.75) is 26.1 Å². The smallest absolute Gasteiger partial charge is 0.409 e. The molecule has 2 aliphatic heterocycles. The van der Waals surface area contributed by atoms with Crippen LogP contribution in [0.4, 0.5) is 9.59 Å². The number of aliphatic hydroxyl groups is 2. The van der Waals surface area contributed by atoms with Gasteiger partial charge in [-0.05, 0) is 38.1 Å². The number of aliphatic hydroxyl groups excluding tert-OH is 2. The summed E-state index contributed by atoms with van der Waals surface area (Å²) in [5, 5.41) is 20.7. The summed E-state index contributed by atoms with van der Waals surface area (Å²) < 4.78 is 21.5. The van der Waals surface area contributed by atoms with E-state index in [1.165, 1.54) is 0 Å². The largest absolute Gasteiger partial charge is 0.491 e. The highest BCUT2D eigenvalue weighted by Crippen LogP contribution is 2.18. The van der Waals surface area contributed by atoms with Gasteiger partial charge in [0.2, 0.25) is 0 Å². The van der Waals surface area contributed by atoms with Crippen LogP contribution in [-0.4, -0.2) is 146 Å². The van der Waals surface area contributed by atoms with E-state index in [-0.39, 0.29) is 25.4 Å². The number of hydrogen-bond acceptors (Lipinski definition) is 10. The van der Waals surface area contributed by atoms with Gasteiger partial charge in [-0.3, -0.25) is 9.80 Å². The molecule has 1 aromatic carbocycles. The lowest BCUT2D eigenvalue weighted by molar-refractivity contribution is 0.0397. The third-order valence-corrected chi connectivity index (χ3v) is 6.44. The third-order valence-electron chi connectivity index (χ3n) is 6.44. The van der Waals surface area contributed by atoms with E-state index in [0.29, 0.717) is 90.2 Å². The molecule has 0 spiro atoms. The van der Waals surface area contributed by atoms with Crippen molar-refractivity contribution in [3.63, 3.8) is 0 Å². The van der Waals surface area contributed by atoms with Crippen LogP contribution in [0.5, 0.6) is 11.5 Å². The monoisotopic (exact) mass is 538 g/mol. The Balaban J connectivity index is 1.28. The van der Waals surface area contributed by atoms with Gasteiger partial charge in [-0.25, -0.2) is 9.59 Å². The van der Waals surface area contributed by atoms with Crippen LogP contribution in [0.3, 0.4) is 0 Å². The first-order valence-electron chi connectivity index (χ1n) is 13.4. The van der Waals surface area contributed by atoms with Crippen LogP contribution < -0.4 is 9.47 Å². The van der Waals surface area contributed by atoms with Gasteiger partial charge in [0.25, 0.3) is 0 Å². The first-order valence-corrected chi connectivity index (χ1v) is 13.4. The first kappa shape index (κ1) is 29.8. The van der Waals surface area contributed by atoms with Crippen molar-refractivity contribution in [3.8, 4) is 11.5 Å². The number of amides is 2. The molecular formula is C26H42N4O8. The van der Waals surface area contributed by atoms with Crippen molar-refractivity contribution >= 4 is 12.2 Å². The Labute approximate surface area is 224 Å². The molecule has 2 amide bonds. The lowest BCUT2D eigenvalue weighted by Crippen LogP contribution is -2.51. The molecule has 38 heavy (non-hydrogen) atoms. The van der Waals surface area contributed by atoms with Crippen LogP contribution in [0.25, 0.3) is 0 Å². The molecule has 0 saturated carbocycles. The number of carbonyl (C=O) groups is 2. The van der Waals surface area contributed by atoms with Crippen molar-refractivity contribution in [2.24, 2.45) is 0 Å². The average molecular weight is 539 g/mol. The normalized spacial score (nSPS) is 18.5. The van der Waals surface area contributed by atoms with Crippen LogP contribution in [0, 0.1) is 0 Å². The molecule has 0 aromatic heterocycles.